The van der Waals surface area contributed by atoms with E-state index >= 15 is 0 Å². The van der Waals surface area contributed by atoms with Gasteiger partial charge >= 0.3 is 0 Å². The molecule has 0 heterocycles. The predicted molar refractivity (Wildman–Crippen MR) is 91.7 cm³/mol. The molecule has 0 bridgehead atoms. The van der Waals surface area contributed by atoms with Crippen LogP contribution in [0.5, 0.6) is 0 Å². The standard InChI is InChI=1S/C21H14/c1-2-7-20-14(4-1)8-9-17-12-18-10-15-5-3-6-16(15)11-19(18)13-21(17)20/h1-4,6-13H,5H2. The van der Waals surface area contributed by atoms with E-state index in [0.717, 1.165) is 6.42 Å². The molecule has 0 saturated heterocycles. The van der Waals surface area contributed by atoms with E-state index in [1.54, 1.807) is 0 Å². The van der Waals surface area contributed by atoms with Crippen LogP contribution in [0.4, 0.5) is 0 Å². The Morgan fingerprint density at radius 1 is 0.619 bits per heavy atom. The molecule has 0 radical (unpaired) electrons. The van der Waals surface area contributed by atoms with Crippen LogP contribution >= 0.6 is 0 Å². The van der Waals surface area contributed by atoms with Gasteiger partial charge in [0.15, 0.2) is 0 Å². The third-order valence-corrected chi connectivity index (χ3v) is 4.60. The SMILES string of the molecule is C1=Cc2cc3cc4c(ccc5ccccc54)cc3cc2C1. The van der Waals surface area contributed by atoms with E-state index in [0.29, 0.717) is 0 Å². The third-order valence-electron chi connectivity index (χ3n) is 4.60. The lowest BCUT2D eigenvalue weighted by atomic mass is 9.96. The molecule has 0 nitrogen and oxygen atoms in total. The van der Waals surface area contributed by atoms with Crippen LogP contribution in [-0.4, -0.2) is 0 Å². The lowest BCUT2D eigenvalue weighted by molar-refractivity contribution is 1.32. The number of hydrogen-bond acceptors (Lipinski definition) is 0. The van der Waals surface area contributed by atoms with Crippen molar-refractivity contribution >= 4 is 38.4 Å². The fraction of sp³-hybridized carbons (Fsp3) is 0.0476. The molecule has 0 spiro atoms. The van der Waals surface area contributed by atoms with Gasteiger partial charge < -0.3 is 0 Å². The summed E-state index contributed by atoms with van der Waals surface area (Å²) in [7, 11) is 0. The summed E-state index contributed by atoms with van der Waals surface area (Å²) < 4.78 is 0. The van der Waals surface area contributed by atoms with Crippen molar-refractivity contribution in [2.24, 2.45) is 0 Å². The van der Waals surface area contributed by atoms with Gasteiger partial charge in [0.05, 0.1) is 0 Å². The smallest absolute Gasteiger partial charge is 0.00880 e. The van der Waals surface area contributed by atoms with Crippen LogP contribution in [0.3, 0.4) is 0 Å². The average Bonchev–Trinajstić information content (AvgIpc) is 2.97. The molecule has 0 aromatic heterocycles. The van der Waals surface area contributed by atoms with Crippen LogP contribution in [0.15, 0.2) is 66.7 Å². The van der Waals surface area contributed by atoms with Gasteiger partial charge in [0.2, 0.25) is 0 Å². The summed E-state index contributed by atoms with van der Waals surface area (Å²) in [6.07, 6.45) is 5.56. The Morgan fingerprint density at radius 2 is 1.48 bits per heavy atom. The van der Waals surface area contributed by atoms with Crippen molar-refractivity contribution < 1.29 is 0 Å². The van der Waals surface area contributed by atoms with Crippen molar-refractivity contribution in [2.45, 2.75) is 6.42 Å². The Labute approximate surface area is 123 Å². The molecule has 0 atom stereocenters. The van der Waals surface area contributed by atoms with Gasteiger partial charge in [-0.05, 0) is 68.1 Å². The topological polar surface area (TPSA) is 0 Å². The van der Waals surface area contributed by atoms with Gasteiger partial charge in [0.1, 0.15) is 0 Å². The van der Waals surface area contributed by atoms with Crippen molar-refractivity contribution in [2.75, 3.05) is 0 Å². The summed E-state index contributed by atoms with van der Waals surface area (Å²) in [5.74, 6) is 0. The molecule has 0 fully saturated rings. The zero-order valence-corrected chi connectivity index (χ0v) is 11.6. The maximum atomic E-state index is 2.35. The van der Waals surface area contributed by atoms with E-state index in [2.05, 4.69) is 72.8 Å². The molecule has 4 aromatic carbocycles. The summed E-state index contributed by atoms with van der Waals surface area (Å²) in [4.78, 5) is 0. The molecule has 0 amide bonds. The second-order valence-electron chi connectivity index (χ2n) is 5.86. The summed E-state index contributed by atoms with van der Waals surface area (Å²) in [6, 6.07) is 22.4. The number of allylic oxidation sites excluding steroid dienone is 1. The summed E-state index contributed by atoms with van der Waals surface area (Å²) >= 11 is 0. The molecular weight excluding hydrogens is 252 g/mol. The predicted octanol–water partition coefficient (Wildman–Crippen LogP) is 5.72. The van der Waals surface area contributed by atoms with Gasteiger partial charge in [-0.15, -0.1) is 0 Å². The number of benzene rings is 4. The van der Waals surface area contributed by atoms with Gasteiger partial charge in [0, 0.05) is 0 Å². The first-order chi connectivity index (χ1) is 10.4. The highest BCUT2D eigenvalue weighted by Crippen LogP contribution is 2.32. The lowest BCUT2D eigenvalue weighted by Gasteiger charge is -2.08. The maximum Gasteiger partial charge on any atom is -0.00880 e. The Balaban J connectivity index is 1.96. The van der Waals surface area contributed by atoms with Gasteiger partial charge in [-0.25, -0.2) is 0 Å². The zero-order chi connectivity index (χ0) is 13.8. The highest BCUT2D eigenvalue weighted by atomic mass is 14.1. The number of rotatable bonds is 0. The zero-order valence-electron chi connectivity index (χ0n) is 11.6. The Kier molecular flexibility index (Phi) is 2.09. The average molecular weight is 266 g/mol. The second kappa shape index (κ2) is 3.95. The summed E-state index contributed by atoms with van der Waals surface area (Å²) in [5.41, 5.74) is 2.82. The highest BCUT2D eigenvalue weighted by Gasteiger charge is 2.08. The van der Waals surface area contributed by atoms with Crippen LogP contribution in [0, 0.1) is 0 Å². The molecule has 0 N–H and O–H groups in total. The molecule has 1 aliphatic carbocycles. The summed E-state index contributed by atoms with van der Waals surface area (Å²) in [6.45, 7) is 0. The largest absolute Gasteiger partial charge is 0.0795 e. The minimum Gasteiger partial charge on any atom is -0.0795 e. The molecule has 21 heavy (non-hydrogen) atoms. The van der Waals surface area contributed by atoms with E-state index in [1.807, 2.05) is 0 Å². The minimum atomic E-state index is 1.07. The third kappa shape index (κ3) is 1.56. The maximum absolute atomic E-state index is 2.35. The minimum absolute atomic E-state index is 1.07. The fourth-order valence-electron chi connectivity index (χ4n) is 3.52. The quantitative estimate of drug-likeness (QED) is 0.282. The first-order valence-corrected chi connectivity index (χ1v) is 7.43. The van der Waals surface area contributed by atoms with Crippen LogP contribution < -0.4 is 0 Å². The summed E-state index contributed by atoms with van der Waals surface area (Å²) in [5, 5.41) is 8.01. The Hall–Kier alpha value is -2.60. The number of hydrogen-bond donors (Lipinski definition) is 0. The van der Waals surface area contributed by atoms with Crippen LogP contribution in [0.2, 0.25) is 0 Å². The van der Waals surface area contributed by atoms with Crippen LogP contribution in [0.1, 0.15) is 11.1 Å². The highest BCUT2D eigenvalue weighted by molar-refractivity contribution is 6.12. The van der Waals surface area contributed by atoms with E-state index in [1.165, 1.54) is 43.4 Å². The van der Waals surface area contributed by atoms with E-state index in [-0.39, 0.29) is 0 Å². The lowest BCUT2D eigenvalue weighted by Crippen LogP contribution is -1.84. The van der Waals surface area contributed by atoms with Crippen molar-refractivity contribution in [3.8, 4) is 0 Å². The second-order valence-corrected chi connectivity index (χ2v) is 5.86. The van der Waals surface area contributed by atoms with Gasteiger partial charge in [0.25, 0.3) is 0 Å². The normalized spacial score (nSPS) is 13.3. The van der Waals surface area contributed by atoms with Crippen LogP contribution in [0.25, 0.3) is 38.4 Å². The van der Waals surface area contributed by atoms with E-state index in [9.17, 15) is 0 Å². The van der Waals surface area contributed by atoms with E-state index in [4.69, 9.17) is 0 Å². The number of fused-ring (bicyclic) bond motifs is 5. The van der Waals surface area contributed by atoms with Gasteiger partial charge in [-0.2, -0.15) is 0 Å². The van der Waals surface area contributed by atoms with Crippen molar-refractivity contribution in [3.05, 3.63) is 77.9 Å². The molecule has 0 aliphatic heterocycles. The monoisotopic (exact) mass is 266 g/mol. The first-order valence-electron chi connectivity index (χ1n) is 7.43. The molecule has 5 rings (SSSR count). The fourth-order valence-corrected chi connectivity index (χ4v) is 3.52. The van der Waals surface area contributed by atoms with Gasteiger partial charge in [-0.1, -0.05) is 54.6 Å². The van der Waals surface area contributed by atoms with Crippen LogP contribution in [-0.2, 0) is 6.42 Å². The molecule has 0 heteroatoms. The molecule has 1 aliphatic rings. The molecular formula is C21H14. The van der Waals surface area contributed by atoms with E-state index < -0.39 is 0 Å². The van der Waals surface area contributed by atoms with Crippen molar-refractivity contribution in [1.29, 1.82) is 0 Å². The first kappa shape index (κ1) is 11.1. The molecule has 4 aromatic rings. The Bertz CT molecular complexity index is 1050. The van der Waals surface area contributed by atoms with Crippen molar-refractivity contribution in [3.63, 3.8) is 0 Å². The van der Waals surface area contributed by atoms with Crippen molar-refractivity contribution in [1.82, 2.24) is 0 Å². The molecule has 0 saturated carbocycles. The molecule has 98 valence electrons. The van der Waals surface area contributed by atoms with Gasteiger partial charge in [-0.3, -0.25) is 0 Å². The Morgan fingerprint density at radius 3 is 2.48 bits per heavy atom. The molecule has 0 unspecified atom stereocenters.